The van der Waals surface area contributed by atoms with Crippen LogP contribution in [0.3, 0.4) is 0 Å². The van der Waals surface area contributed by atoms with Crippen molar-refractivity contribution in [2.45, 2.75) is 33.1 Å². The first-order chi connectivity index (χ1) is 4.38. The number of halogens is 2. The summed E-state index contributed by atoms with van der Waals surface area (Å²) in [6.07, 6.45) is 8.99. The van der Waals surface area contributed by atoms with Gasteiger partial charge in [0.15, 0.2) is 0 Å². The van der Waals surface area contributed by atoms with Gasteiger partial charge in [0, 0.05) is 26.2 Å². The van der Waals surface area contributed by atoms with Gasteiger partial charge in [-0.05, 0) is 0 Å². The monoisotopic (exact) mass is 251 g/mol. The van der Waals surface area contributed by atoms with Crippen LogP contribution in [0.1, 0.15) is 33.1 Å². The van der Waals surface area contributed by atoms with Crippen LogP contribution in [0.5, 0.6) is 0 Å². The molecule has 0 unspecified atom stereocenters. The topological polar surface area (TPSA) is 0 Å². The van der Waals surface area contributed by atoms with Crippen LogP contribution < -0.4 is 0 Å². The fraction of sp³-hybridized carbons (Fsp3) is 0.556. The Balaban J connectivity index is -0.000000270. The average Bonchev–Trinajstić information content (AvgIpc) is 2.33. The summed E-state index contributed by atoms with van der Waals surface area (Å²) < 4.78 is 0. The quantitative estimate of drug-likeness (QED) is 0.662. The van der Waals surface area contributed by atoms with Crippen LogP contribution in [0.25, 0.3) is 0 Å². The van der Waals surface area contributed by atoms with E-state index < -0.39 is 0 Å². The van der Waals surface area contributed by atoms with Gasteiger partial charge >= 0.3 is 0 Å². The van der Waals surface area contributed by atoms with Crippen LogP contribution in [-0.2, 0) is 26.2 Å². The van der Waals surface area contributed by atoms with Crippen molar-refractivity contribution < 1.29 is 35.6 Å². The van der Waals surface area contributed by atoms with E-state index in [1.807, 2.05) is 0 Å². The maximum Gasteiger partial charge on any atom is 0 e. The zero-order valence-corrected chi connectivity index (χ0v) is 9.97. The number of allylic oxidation sites excluding steroid dienone is 4. The van der Waals surface area contributed by atoms with E-state index in [1.54, 1.807) is 0 Å². The summed E-state index contributed by atoms with van der Waals surface area (Å²) in [6.45, 7) is 4.39. The first kappa shape index (κ1) is 18.1. The molecule has 0 N–H and O–H groups in total. The molecule has 0 atom stereocenters. The van der Waals surface area contributed by atoms with E-state index >= 15 is 0 Å². The second-order valence-electron chi connectivity index (χ2n) is 2.30. The van der Waals surface area contributed by atoms with Gasteiger partial charge < -0.3 is 0 Å². The van der Waals surface area contributed by atoms with Crippen molar-refractivity contribution in [1.29, 1.82) is 0 Å². The van der Waals surface area contributed by atoms with Crippen molar-refractivity contribution in [3.8, 4) is 0 Å². The second kappa shape index (κ2) is 9.31. The van der Waals surface area contributed by atoms with Crippen molar-refractivity contribution >= 4 is 0 Å². The Hall–Kier alpha value is 0.223. The number of rotatable bonds is 2. The third kappa shape index (κ3) is 4.30. The molecule has 0 radical (unpaired) electrons. The Morgan fingerprint density at radius 2 is 1.83 bits per heavy atom. The predicted octanol–water partition coefficient (Wildman–Crippen LogP) is 3.17. The molecule has 0 amide bonds. The molecule has 0 heterocycles. The van der Waals surface area contributed by atoms with Gasteiger partial charge in [0.05, 0.1) is 0 Å². The number of hydrogen-bond acceptors (Lipinski definition) is 0. The molecule has 0 nitrogen and oxygen atoms in total. The molecular formula is C9H15F2Zr-. The second-order valence-corrected chi connectivity index (χ2v) is 2.30. The summed E-state index contributed by atoms with van der Waals surface area (Å²) in [7, 11) is 0. The molecule has 0 saturated carbocycles. The molecule has 0 aromatic carbocycles. The third-order valence-electron chi connectivity index (χ3n) is 1.79. The van der Waals surface area contributed by atoms with Gasteiger partial charge in [-0.1, -0.05) is 26.7 Å². The van der Waals surface area contributed by atoms with Crippen LogP contribution in [0.15, 0.2) is 17.2 Å². The molecule has 0 aromatic rings. The minimum atomic E-state index is 0. The minimum absolute atomic E-state index is 0. The standard InChI is InChI=1S/C9H13.2FH.Zr/c1-3-8-6-5-7-9(8)4-2;;;/h6H,3-5H2,1-2H3;2*1H;/q-1;;;. The van der Waals surface area contributed by atoms with E-state index in [-0.39, 0.29) is 35.6 Å². The molecule has 0 aliphatic heterocycles. The Morgan fingerprint density at radius 3 is 2.17 bits per heavy atom. The van der Waals surface area contributed by atoms with Crippen molar-refractivity contribution in [1.82, 2.24) is 0 Å². The molecule has 70 valence electrons. The Kier molecular flexibility index (Phi) is 14.0. The molecule has 1 aliphatic carbocycles. The predicted molar refractivity (Wildman–Crippen MR) is 45.0 cm³/mol. The molecule has 1 rings (SSSR count). The van der Waals surface area contributed by atoms with Gasteiger partial charge in [-0.2, -0.15) is 11.6 Å². The minimum Gasteiger partial charge on any atom is -0.269 e. The van der Waals surface area contributed by atoms with Crippen molar-refractivity contribution in [3.63, 3.8) is 0 Å². The molecular weight excluding hydrogens is 237 g/mol. The van der Waals surface area contributed by atoms with Crippen LogP contribution in [0, 0.1) is 6.08 Å². The zero-order chi connectivity index (χ0) is 6.69. The normalized spacial score (nSPS) is 13.2. The van der Waals surface area contributed by atoms with E-state index in [0.29, 0.717) is 0 Å². The van der Waals surface area contributed by atoms with E-state index in [1.165, 1.54) is 17.6 Å². The van der Waals surface area contributed by atoms with E-state index in [2.05, 4.69) is 26.0 Å². The summed E-state index contributed by atoms with van der Waals surface area (Å²) in [5, 5.41) is 0. The van der Waals surface area contributed by atoms with Crippen LogP contribution >= 0.6 is 0 Å². The van der Waals surface area contributed by atoms with Crippen LogP contribution in [-0.4, -0.2) is 0 Å². The maximum absolute atomic E-state index is 3.33. The summed E-state index contributed by atoms with van der Waals surface area (Å²) in [5.74, 6) is 0. The van der Waals surface area contributed by atoms with Gasteiger partial charge in [-0.25, -0.2) is 5.57 Å². The van der Waals surface area contributed by atoms with Crippen LogP contribution in [0.2, 0.25) is 0 Å². The van der Waals surface area contributed by atoms with E-state index in [4.69, 9.17) is 0 Å². The Labute approximate surface area is 92.0 Å². The van der Waals surface area contributed by atoms with Gasteiger partial charge in [-0.3, -0.25) is 15.5 Å². The van der Waals surface area contributed by atoms with Gasteiger partial charge in [-0.15, -0.1) is 6.42 Å². The molecule has 1 aliphatic rings. The fourth-order valence-corrected chi connectivity index (χ4v) is 1.24. The molecule has 3 heteroatoms. The average molecular weight is 252 g/mol. The molecule has 0 saturated heterocycles. The first-order valence-corrected chi connectivity index (χ1v) is 3.67. The van der Waals surface area contributed by atoms with E-state index in [0.717, 1.165) is 12.8 Å². The fourth-order valence-electron chi connectivity index (χ4n) is 1.24. The zero-order valence-electron chi connectivity index (χ0n) is 7.52. The molecule has 0 fully saturated rings. The Bertz CT molecular complexity index is 144. The molecule has 0 spiro atoms. The van der Waals surface area contributed by atoms with Gasteiger partial charge in [0.25, 0.3) is 0 Å². The smallest absolute Gasteiger partial charge is 0 e. The SMILES string of the molecule is CCC1=[C-]CC=C1CC.F.F.[Zr]. The maximum atomic E-state index is 3.33. The Morgan fingerprint density at radius 1 is 1.25 bits per heavy atom. The number of hydrogen-bond donors (Lipinski definition) is 0. The van der Waals surface area contributed by atoms with Crippen molar-refractivity contribution in [2.24, 2.45) is 0 Å². The molecule has 12 heavy (non-hydrogen) atoms. The van der Waals surface area contributed by atoms with Gasteiger partial charge in [0.1, 0.15) is 0 Å². The summed E-state index contributed by atoms with van der Waals surface area (Å²) >= 11 is 0. The van der Waals surface area contributed by atoms with E-state index in [9.17, 15) is 0 Å². The third-order valence-corrected chi connectivity index (χ3v) is 1.79. The summed E-state index contributed by atoms with van der Waals surface area (Å²) in [5.41, 5.74) is 2.95. The van der Waals surface area contributed by atoms with Crippen molar-refractivity contribution in [3.05, 3.63) is 23.3 Å². The van der Waals surface area contributed by atoms with Crippen molar-refractivity contribution in [2.75, 3.05) is 0 Å². The molecule has 0 aromatic heterocycles. The van der Waals surface area contributed by atoms with Gasteiger partial charge in [0.2, 0.25) is 0 Å². The van der Waals surface area contributed by atoms with Crippen LogP contribution in [0.4, 0.5) is 9.41 Å². The summed E-state index contributed by atoms with van der Waals surface area (Å²) in [4.78, 5) is 0. The molecule has 0 bridgehead atoms. The first-order valence-electron chi connectivity index (χ1n) is 3.67. The summed E-state index contributed by atoms with van der Waals surface area (Å²) in [6, 6.07) is 0. The largest absolute Gasteiger partial charge is 0.269 e.